The van der Waals surface area contributed by atoms with Gasteiger partial charge in [0.2, 0.25) is 5.91 Å². The fourth-order valence-corrected chi connectivity index (χ4v) is 5.32. The van der Waals surface area contributed by atoms with Crippen LogP contribution in [0.1, 0.15) is 20.3 Å². The van der Waals surface area contributed by atoms with E-state index >= 15 is 0 Å². The van der Waals surface area contributed by atoms with E-state index in [2.05, 4.69) is 5.10 Å². The van der Waals surface area contributed by atoms with Crippen molar-refractivity contribution < 1.29 is 17.9 Å². The zero-order valence-electron chi connectivity index (χ0n) is 17.4. The van der Waals surface area contributed by atoms with Crippen LogP contribution >= 0.6 is 0 Å². The highest BCUT2D eigenvalue weighted by molar-refractivity contribution is 7.91. The molecule has 0 bridgehead atoms. The number of methoxy groups -OCH3 is 1. The third-order valence-electron chi connectivity index (χ3n) is 5.05. The summed E-state index contributed by atoms with van der Waals surface area (Å²) in [5.74, 6) is 0.586. The molecule has 1 aromatic heterocycles. The molecule has 3 rings (SSSR count). The van der Waals surface area contributed by atoms with Crippen molar-refractivity contribution in [2.75, 3.05) is 25.2 Å². The summed E-state index contributed by atoms with van der Waals surface area (Å²) in [6.07, 6.45) is 0.424. The van der Waals surface area contributed by atoms with E-state index in [4.69, 9.17) is 4.74 Å². The zero-order chi connectivity index (χ0) is 21.9. The highest BCUT2D eigenvalue weighted by atomic mass is 32.2. The summed E-state index contributed by atoms with van der Waals surface area (Å²) in [4.78, 5) is 27.0. The van der Waals surface area contributed by atoms with Crippen LogP contribution < -0.4 is 10.3 Å². The molecule has 1 saturated heterocycles. The molecule has 1 amide bonds. The Labute approximate surface area is 176 Å². The Kier molecular flexibility index (Phi) is 6.60. The van der Waals surface area contributed by atoms with Gasteiger partial charge in [-0.05, 0) is 30.5 Å². The maximum atomic E-state index is 13.1. The van der Waals surface area contributed by atoms with E-state index in [1.54, 1.807) is 24.1 Å². The maximum Gasteiger partial charge on any atom is 0.267 e. The molecule has 2 aromatic rings. The van der Waals surface area contributed by atoms with Gasteiger partial charge < -0.3 is 9.64 Å². The SMILES string of the molecule is COc1cccc(-c2ccc(=O)n(CC(=O)N(CC(C)C)C3CCS(=O)(=O)C3)n2)c1. The number of carbonyl (C=O) groups is 1. The molecule has 1 aliphatic rings. The fourth-order valence-electron chi connectivity index (χ4n) is 3.59. The first-order valence-electron chi connectivity index (χ1n) is 9.91. The zero-order valence-corrected chi connectivity index (χ0v) is 18.3. The number of nitrogens with zero attached hydrogens (tertiary/aromatic N) is 3. The van der Waals surface area contributed by atoms with Crippen LogP contribution in [0.5, 0.6) is 5.75 Å². The number of hydrogen-bond acceptors (Lipinski definition) is 6. The van der Waals surface area contributed by atoms with Crippen LogP contribution in [0.2, 0.25) is 0 Å². The van der Waals surface area contributed by atoms with Gasteiger partial charge in [0.05, 0.1) is 24.3 Å². The minimum absolute atomic E-state index is 0.0301. The van der Waals surface area contributed by atoms with Crippen LogP contribution in [0.4, 0.5) is 0 Å². The van der Waals surface area contributed by atoms with Gasteiger partial charge in [0.25, 0.3) is 5.56 Å². The Morgan fingerprint density at radius 3 is 2.70 bits per heavy atom. The monoisotopic (exact) mass is 433 g/mol. The molecule has 0 spiro atoms. The molecule has 0 saturated carbocycles. The smallest absolute Gasteiger partial charge is 0.267 e. The van der Waals surface area contributed by atoms with E-state index in [0.717, 1.165) is 10.2 Å². The van der Waals surface area contributed by atoms with Gasteiger partial charge in [-0.1, -0.05) is 26.0 Å². The summed E-state index contributed by atoms with van der Waals surface area (Å²) in [5, 5.41) is 4.36. The van der Waals surface area contributed by atoms with Crippen LogP contribution in [-0.4, -0.2) is 60.2 Å². The third kappa shape index (κ3) is 5.27. The Morgan fingerprint density at radius 1 is 1.30 bits per heavy atom. The number of ether oxygens (including phenoxy) is 1. The molecule has 1 aliphatic heterocycles. The summed E-state index contributed by atoms with van der Waals surface area (Å²) in [7, 11) is -1.56. The number of sulfone groups is 1. The lowest BCUT2D eigenvalue weighted by Crippen LogP contribution is -2.46. The van der Waals surface area contributed by atoms with Crippen LogP contribution in [0.25, 0.3) is 11.3 Å². The van der Waals surface area contributed by atoms with Crippen molar-refractivity contribution in [2.45, 2.75) is 32.9 Å². The van der Waals surface area contributed by atoms with Crippen molar-refractivity contribution in [1.29, 1.82) is 0 Å². The first kappa shape index (κ1) is 22.0. The Hall–Kier alpha value is -2.68. The van der Waals surface area contributed by atoms with Crippen LogP contribution in [-0.2, 0) is 21.2 Å². The number of aromatic nitrogens is 2. The molecule has 1 fully saturated rings. The molecule has 0 radical (unpaired) electrons. The predicted molar refractivity (Wildman–Crippen MR) is 114 cm³/mol. The van der Waals surface area contributed by atoms with Gasteiger partial charge in [0.15, 0.2) is 9.84 Å². The van der Waals surface area contributed by atoms with E-state index in [-0.39, 0.29) is 35.9 Å². The van der Waals surface area contributed by atoms with Gasteiger partial charge in [-0.2, -0.15) is 5.10 Å². The summed E-state index contributed by atoms with van der Waals surface area (Å²) in [5.41, 5.74) is 0.912. The number of hydrogen-bond donors (Lipinski definition) is 0. The summed E-state index contributed by atoms with van der Waals surface area (Å²) < 4.78 is 30.2. The quantitative estimate of drug-likeness (QED) is 0.658. The highest BCUT2D eigenvalue weighted by Gasteiger charge is 2.35. The molecule has 1 unspecified atom stereocenters. The predicted octanol–water partition coefficient (Wildman–Crippen LogP) is 1.59. The highest BCUT2D eigenvalue weighted by Crippen LogP contribution is 2.22. The first-order chi connectivity index (χ1) is 14.2. The average Bonchev–Trinajstić information content (AvgIpc) is 3.07. The average molecular weight is 434 g/mol. The maximum absolute atomic E-state index is 13.1. The van der Waals surface area contributed by atoms with E-state index in [1.165, 1.54) is 6.07 Å². The van der Waals surface area contributed by atoms with Crippen LogP contribution in [0, 0.1) is 5.92 Å². The molecule has 1 aromatic carbocycles. The number of carbonyl (C=O) groups excluding carboxylic acids is 1. The molecule has 0 N–H and O–H groups in total. The van der Waals surface area contributed by atoms with Crippen molar-refractivity contribution >= 4 is 15.7 Å². The lowest BCUT2D eigenvalue weighted by Gasteiger charge is -2.30. The van der Waals surface area contributed by atoms with Gasteiger partial charge in [-0.3, -0.25) is 9.59 Å². The minimum atomic E-state index is -3.13. The number of benzene rings is 1. The Balaban J connectivity index is 1.86. The van der Waals surface area contributed by atoms with Crippen molar-refractivity contribution in [3.05, 3.63) is 46.8 Å². The van der Waals surface area contributed by atoms with Crippen molar-refractivity contribution in [1.82, 2.24) is 14.7 Å². The topological polar surface area (TPSA) is 98.6 Å². The lowest BCUT2D eigenvalue weighted by molar-refractivity contribution is -0.134. The largest absolute Gasteiger partial charge is 0.497 e. The third-order valence-corrected chi connectivity index (χ3v) is 6.80. The molecular formula is C21H27N3O5S. The van der Waals surface area contributed by atoms with Gasteiger partial charge in [-0.15, -0.1) is 0 Å². The molecule has 1 atom stereocenters. The second-order valence-electron chi connectivity index (χ2n) is 7.94. The van der Waals surface area contributed by atoms with Crippen molar-refractivity contribution in [3.8, 4) is 17.0 Å². The molecule has 162 valence electrons. The summed E-state index contributed by atoms with van der Waals surface area (Å²) >= 11 is 0. The van der Waals surface area contributed by atoms with E-state index in [0.29, 0.717) is 24.4 Å². The fraction of sp³-hybridized carbons (Fsp3) is 0.476. The van der Waals surface area contributed by atoms with Gasteiger partial charge in [-0.25, -0.2) is 13.1 Å². The van der Waals surface area contributed by atoms with E-state index < -0.39 is 15.4 Å². The van der Waals surface area contributed by atoms with Crippen LogP contribution in [0.15, 0.2) is 41.2 Å². The van der Waals surface area contributed by atoms with E-state index in [1.807, 2.05) is 32.0 Å². The van der Waals surface area contributed by atoms with Crippen molar-refractivity contribution in [3.63, 3.8) is 0 Å². The Morgan fingerprint density at radius 2 is 2.07 bits per heavy atom. The molecule has 8 nitrogen and oxygen atoms in total. The second-order valence-corrected chi connectivity index (χ2v) is 10.2. The molecular weight excluding hydrogens is 406 g/mol. The van der Waals surface area contributed by atoms with Crippen molar-refractivity contribution in [2.24, 2.45) is 5.92 Å². The normalized spacial score (nSPS) is 17.8. The molecule has 2 heterocycles. The number of rotatable bonds is 7. The molecule has 9 heteroatoms. The van der Waals surface area contributed by atoms with E-state index in [9.17, 15) is 18.0 Å². The molecule has 30 heavy (non-hydrogen) atoms. The summed E-state index contributed by atoms with van der Waals surface area (Å²) in [6.45, 7) is 4.14. The Bertz CT molecular complexity index is 1080. The van der Waals surface area contributed by atoms with Crippen LogP contribution in [0.3, 0.4) is 0 Å². The van der Waals surface area contributed by atoms with Gasteiger partial charge in [0.1, 0.15) is 12.3 Å². The first-order valence-corrected chi connectivity index (χ1v) is 11.7. The number of amides is 1. The standard InChI is InChI=1S/C21H27N3O5S/c1-15(2)12-23(17-9-10-30(27,28)14-17)21(26)13-24-20(25)8-7-19(22-24)16-5-4-6-18(11-16)29-3/h4-8,11,15,17H,9-10,12-14H2,1-3H3. The summed E-state index contributed by atoms with van der Waals surface area (Å²) in [6, 6.07) is 9.89. The van der Waals surface area contributed by atoms with Gasteiger partial charge >= 0.3 is 0 Å². The van der Waals surface area contributed by atoms with Gasteiger partial charge in [0, 0.05) is 24.2 Å². The molecule has 0 aliphatic carbocycles. The second kappa shape index (κ2) is 8.99. The minimum Gasteiger partial charge on any atom is -0.497 e. The lowest BCUT2D eigenvalue weighted by atomic mass is 10.1.